The van der Waals surface area contributed by atoms with E-state index in [2.05, 4.69) is 15.4 Å². The first-order valence-corrected chi connectivity index (χ1v) is 6.08. The molecule has 0 unspecified atom stereocenters. The zero-order valence-corrected chi connectivity index (χ0v) is 12.2. The molecule has 0 amide bonds. The average molecular weight is 386 g/mol. The van der Waals surface area contributed by atoms with Gasteiger partial charge in [-0.05, 0) is 0 Å². The monoisotopic (exact) mass is 386 g/mol. The Morgan fingerprint density at radius 1 is 1.62 bits per heavy atom. The molecular formula is C7H6ClN4Tl. The number of rotatable bonds is 1. The Bertz CT molecular complexity index is 453. The first kappa shape index (κ1) is 9.20. The van der Waals surface area contributed by atoms with Crippen molar-refractivity contribution in [3.63, 3.8) is 0 Å². The quantitative estimate of drug-likeness (QED) is 0.589. The maximum absolute atomic E-state index is 5.79. The topological polar surface area (TPSA) is 42.7 Å². The molecule has 0 fully saturated rings. The molecular weight excluding hydrogens is 380 g/mol. The number of nitrogens with zero attached hydrogens (tertiary/aromatic N) is 3. The standard InChI is InChI=1S/C7H6ClN4.Tl/c1-9-7-4-3-10-6(8)2-5(4)11-12-7;/h2-3H,1H3,(H-,9,11,12);/q-1;+1. The number of hydrogen-bond donors (Lipinski definition) is 1. The Kier molecular flexibility index (Phi) is 2.41. The molecule has 0 aliphatic rings. The molecule has 1 N–H and O–H groups in total. The fourth-order valence-corrected chi connectivity index (χ4v) is 2.62. The van der Waals surface area contributed by atoms with Crippen LogP contribution in [-0.2, 0) is 0 Å². The molecule has 2 rings (SSSR count). The SMILES string of the molecule is CNc1n[n]([Tl])c2cc(Cl)ncc12. The van der Waals surface area contributed by atoms with Gasteiger partial charge in [-0.25, -0.2) is 0 Å². The summed E-state index contributed by atoms with van der Waals surface area (Å²) in [7, 11) is 1.85. The van der Waals surface area contributed by atoms with Crippen molar-refractivity contribution in [1.29, 1.82) is 0 Å². The third kappa shape index (κ3) is 1.52. The first-order valence-electron chi connectivity index (χ1n) is 3.69. The van der Waals surface area contributed by atoms with E-state index in [0.717, 1.165) is 16.7 Å². The van der Waals surface area contributed by atoms with Gasteiger partial charge in [-0.1, -0.05) is 0 Å². The van der Waals surface area contributed by atoms with Crippen molar-refractivity contribution in [3.05, 3.63) is 17.4 Å². The molecule has 6 heteroatoms. The average Bonchev–Trinajstić information content (AvgIpc) is 2.43. The number of hydrogen-bond acceptors (Lipinski definition) is 3. The molecule has 64 valence electrons. The van der Waals surface area contributed by atoms with Gasteiger partial charge in [0, 0.05) is 0 Å². The summed E-state index contributed by atoms with van der Waals surface area (Å²) in [4.78, 5) is 4.02. The summed E-state index contributed by atoms with van der Waals surface area (Å²) in [5.74, 6) is 0.863. The number of nitrogens with one attached hydrogen (secondary N) is 1. The van der Waals surface area contributed by atoms with Crippen molar-refractivity contribution >= 4 is 54.4 Å². The predicted molar refractivity (Wildman–Crippen MR) is 53.2 cm³/mol. The van der Waals surface area contributed by atoms with E-state index in [1.54, 1.807) is 6.20 Å². The molecule has 4 nitrogen and oxygen atoms in total. The van der Waals surface area contributed by atoms with Crippen LogP contribution in [0.15, 0.2) is 12.3 Å². The molecule has 0 saturated heterocycles. The van der Waals surface area contributed by atoms with Gasteiger partial charge in [-0.15, -0.1) is 0 Å². The fraction of sp³-hybridized carbons (Fsp3) is 0.143. The summed E-state index contributed by atoms with van der Waals surface area (Å²) < 4.78 is 1.94. The Morgan fingerprint density at radius 3 is 3.08 bits per heavy atom. The van der Waals surface area contributed by atoms with Gasteiger partial charge in [0.05, 0.1) is 0 Å². The molecule has 0 atom stereocenters. The molecule has 0 radical (unpaired) electrons. The Labute approximate surface area is 96.4 Å². The van der Waals surface area contributed by atoms with Crippen molar-refractivity contribution in [2.75, 3.05) is 12.4 Å². The van der Waals surface area contributed by atoms with Crippen LogP contribution < -0.4 is 5.32 Å². The number of pyridine rings is 1. The van der Waals surface area contributed by atoms with Gasteiger partial charge >= 0.3 is 96.7 Å². The van der Waals surface area contributed by atoms with Gasteiger partial charge in [-0.2, -0.15) is 0 Å². The van der Waals surface area contributed by atoms with Crippen LogP contribution in [0.2, 0.25) is 5.15 Å². The minimum absolute atomic E-state index is 0.511. The predicted octanol–water partition coefficient (Wildman–Crippen LogP) is 1.06. The van der Waals surface area contributed by atoms with E-state index < -0.39 is 0 Å². The van der Waals surface area contributed by atoms with E-state index in [1.807, 2.05) is 15.6 Å². The molecule has 0 spiro atoms. The zero-order chi connectivity index (χ0) is 9.42. The number of aromatic nitrogens is 3. The van der Waals surface area contributed by atoms with Gasteiger partial charge in [0.15, 0.2) is 0 Å². The zero-order valence-electron chi connectivity index (χ0n) is 6.95. The summed E-state index contributed by atoms with van der Waals surface area (Å²) in [5, 5.41) is 8.89. The number of halogens is 1. The van der Waals surface area contributed by atoms with E-state index in [4.69, 9.17) is 11.6 Å². The normalized spacial score (nSPS) is 10.5. The number of fused-ring (bicyclic) bond motifs is 1. The molecule has 0 aliphatic carbocycles. The summed E-state index contributed by atoms with van der Waals surface area (Å²) >= 11 is 6.42. The van der Waals surface area contributed by atoms with Crippen LogP contribution in [0.4, 0.5) is 5.82 Å². The third-order valence-electron chi connectivity index (χ3n) is 1.80. The molecule has 2 aromatic rings. The molecule has 0 aliphatic heterocycles. The minimum atomic E-state index is 0.511. The van der Waals surface area contributed by atoms with E-state index >= 15 is 0 Å². The van der Waals surface area contributed by atoms with Gasteiger partial charge in [0.2, 0.25) is 0 Å². The van der Waals surface area contributed by atoms with Gasteiger partial charge in [-0.3, -0.25) is 0 Å². The maximum atomic E-state index is 5.79. The molecule has 2 heterocycles. The third-order valence-corrected chi connectivity index (χ3v) is 3.53. The molecule has 13 heavy (non-hydrogen) atoms. The Morgan fingerprint density at radius 2 is 2.38 bits per heavy atom. The van der Waals surface area contributed by atoms with Crippen molar-refractivity contribution in [3.8, 4) is 0 Å². The molecule has 0 saturated carbocycles. The van der Waals surface area contributed by atoms with Gasteiger partial charge in [0.25, 0.3) is 0 Å². The van der Waals surface area contributed by atoms with Crippen molar-refractivity contribution in [2.45, 2.75) is 0 Å². The number of anilines is 1. The Balaban J connectivity index is 2.80. The van der Waals surface area contributed by atoms with Crippen LogP contribution >= 0.6 is 11.6 Å². The van der Waals surface area contributed by atoms with Crippen LogP contribution in [0.5, 0.6) is 0 Å². The summed E-state index contributed by atoms with van der Waals surface area (Å²) in [6, 6.07) is 1.84. The van der Waals surface area contributed by atoms with E-state index in [0.29, 0.717) is 31.2 Å². The van der Waals surface area contributed by atoms with Gasteiger partial charge in [0.1, 0.15) is 0 Å². The second-order valence-electron chi connectivity index (χ2n) is 2.57. The van der Waals surface area contributed by atoms with Crippen LogP contribution in [-0.4, -0.2) is 45.7 Å². The second-order valence-corrected chi connectivity index (χ2v) is 4.86. The van der Waals surface area contributed by atoms with Crippen LogP contribution in [0.3, 0.4) is 0 Å². The molecule has 2 aromatic heterocycles. The summed E-state index contributed by atoms with van der Waals surface area (Å²) in [5.41, 5.74) is 1.05. The van der Waals surface area contributed by atoms with Crippen molar-refractivity contribution < 1.29 is 0 Å². The first-order chi connectivity index (χ1) is 6.22. The van der Waals surface area contributed by atoms with Crippen molar-refractivity contribution in [1.82, 2.24) is 12.6 Å². The van der Waals surface area contributed by atoms with Crippen LogP contribution in [0.25, 0.3) is 10.9 Å². The van der Waals surface area contributed by atoms with E-state index in [9.17, 15) is 0 Å². The second kappa shape index (κ2) is 3.41. The van der Waals surface area contributed by atoms with Crippen LogP contribution in [0.1, 0.15) is 0 Å². The summed E-state index contributed by atoms with van der Waals surface area (Å²) in [6.45, 7) is 0. The van der Waals surface area contributed by atoms with Gasteiger partial charge < -0.3 is 0 Å². The van der Waals surface area contributed by atoms with Crippen LogP contribution in [0, 0.1) is 0 Å². The summed E-state index contributed by atoms with van der Waals surface area (Å²) in [6.07, 6.45) is 1.75. The van der Waals surface area contributed by atoms with E-state index in [1.165, 1.54) is 0 Å². The van der Waals surface area contributed by atoms with Crippen molar-refractivity contribution in [2.24, 2.45) is 0 Å². The van der Waals surface area contributed by atoms with E-state index in [-0.39, 0.29) is 0 Å². The fourth-order valence-electron chi connectivity index (χ4n) is 1.19. The molecule has 0 aromatic carbocycles. The Hall–Kier alpha value is -0.368. The molecule has 0 bridgehead atoms.